The second-order valence-corrected chi connectivity index (χ2v) is 8.49. The van der Waals surface area contributed by atoms with Crippen LogP contribution in [-0.4, -0.2) is 21.1 Å². The Morgan fingerprint density at radius 2 is 1.94 bits per heavy atom. The largest absolute Gasteiger partial charge is 0.586 e. The fraction of sp³-hybridized carbons (Fsp3) is 0.364. The van der Waals surface area contributed by atoms with Gasteiger partial charge in [-0.3, -0.25) is 0 Å². The van der Waals surface area contributed by atoms with Gasteiger partial charge in [-0.05, 0) is 49.9 Å². The van der Waals surface area contributed by atoms with Crippen molar-refractivity contribution >= 4 is 11.6 Å². The van der Waals surface area contributed by atoms with E-state index < -0.39 is 29.6 Å². The number of ether oxygens (including phenoxy) is 3. The fourth-order valence-corrected chi connectivity index (χ4v) is 4.49. The average molecular weight is 502 g/mol. The second-order valence-electron chi connectivity index (χ2n) is 7.97. The van der Waals surface area contributed by atoms with Crippen molar-refractivity contribution in [1.82, 2.24) is 14.8 Å². The van der Waals surface area contributed by atoms with Crippen LogP contribution >= 0.6 is 11.6 Å². The Kier molecular flexibility index (Phi) is 5.34. The smallest absolute Gasteiger partial charge is 0.470 e. The summed E-state index contributed by atoms with van der Waals surface area (Å²) in [7, 11) is 0. The first-order chi connectivity index (χ1) is 16.0. The number of hydrogen-bond acceptors (Lipinski definition) is 5. The lowest BCUT2D eigenvalue weighted by molar-refractivity contribution is -0.286. The summed E-state index contributed by atoms with van der Waals surface area (Å²) < 4.78 is 83.2. The molecule has 1 aliphatic carbocycles. The summed E-state index contributed by atoms with van der Waals surface area (Å²) in [5, 5.41) is 3.22. The maximum atomic E-state index is 13.6. The van der Waals surface area contributed by atoms with Crippen LogP contribution in [0.3, 0.4) is 0 Å². The highest BCUT2D eigenvalue weighted by atomic mass is 35.5. The Morgan fingerprint density at radius 1 is 1.18 bits per heavy atom. The Morgan fingerprint density at radius 3 is 2.71 bits per heavy atom. The number of nitrogens with zero attached hydrogens (tertiary/aromatic N) is 3. The zero-order valence-electron chi connectivity index (χ0n) is 17.6. The van der Waals surface area contributed by atoms with Crippen molar-refractivity contribution in [3.63, 3.8) is 0 Å². The number of hydrogen-bond donors (Lipinski definition) is 0. The Labute approximate surface area is 195 Å². The molecule has 0 radical (unpaired) electrons. The monoisotopic (exact) mass is 501 g/mol. The lowest BCUT2D eigenvalue weighted by Crippen LogP contribution is -2.25. The van der Waals surface area contributed by atoms with E-state index in [4.69, 9.17) is 16.3 Å². The molecule has 180 valence electrons. The molecule has 2 atom stereocenters. The van der Waals surface area contributed by atoms with E-state index >= 15 is 0 Å². The molecule has 12 heteroatoms. The predicted molar refractivity (Wildman–Crippen MR) is 110 cm³/mol. The summed E-state index contributed by atoms with van der Waals surface area (Å²) in [6.07, 6.45) is -6.30. The van der Waals surface area contributed by atoms with Crippen molar-refractivity contribution in [1.29, 1.82) is 0 Å². The molecular weight excluding hydrogens is 485 g/mol. The van der Waals surface area contributed by atoms with Gasteiger partial charge in [0.25, 0.3) is 0 Å². The third-order valence-electron chi connectivity index (χ3n) is 5.63. The first-order valence-corrected chi connectivity index (χ1v) is 10.8. The van der Waals surface area contributed by atoms with Crippen LogP contribution in [0.15, 0.2) is 36.5 Å². The van der Waals surface area contributed by atoms with Crippen LogP contribution in [0.2, 0.25) is 0 Å². The van der Waals surface area contributed by atoms with Crippen LogP contribution in [0, 0.1) is 0 Å². The Bertz CT molecular complexity index is 1250. The van der Waals surface area contributed by atoms with Gasteiger partial charge in [-0.15, -0.1) is 20.4 Å². The lowest BCUT2D eigenvalue weighted by Gasteiger charge is -2.20. The number of rotatable bonds is 4. The van der Waals surface area contributed by atoms with Gasteiger partial charge in [0.05, 0.1) is 16.8 Å². The van der Waals surface area contributed by atoms with Gasteiger partial charge in [0.1, 0.15) is 6.10 Å². The molecule has 0 amide bonds. The molecule has 3 aromatic rings. The summed E-state index contributed by atoms with van der Waals surface area (Å²) in [6.45, 7) is 1.66. The summed E-state index contributed by atoms with van der Waals surface area (Å²) in [6, 6.07) is 7.19. The fourth-order valence-electron chi connectivity index (χ4n) is 4.11. The minimum atomic E-state index is -4.61. The summed E-state index contributed by atoms with van der Waals surface area (Å²) in [5.41, 5.74) is 0.272. The Hall–Kier alpha value is -3.08. The molecule has 1 aromatic carbocycles. The van der Waals surface area contributed by atoms with Crippen molar-refractivity contribution in [2.75, 3.05) is 0 Å². The number of alkyl halides is 6. The molecule has 0 bridgehead atoms. The molecule has 2 aliphatic rings. The molecule has 0 saturated heterocycles. The molecule has 6 nitrogen and oxygen atoms in total. The predicted octanol–water partition coefficient (Wildman–Crippen LogP) is 6.36. The SMILES string of the molecule is CC(Oc1cc(-n2nc(C(F)(F)F)c3c2C(Cl)CCC3)ccn1)c1ccc2c(c1)OC(F)(F)O2. The quantitative estimate of drug-likeness (QED) is 0.307. The number of pyridine rings is 1. The standard InChI is InChI=1S/C22H17ClF5N3O3/c1-11(12-5-6-16-17(9-12)34-22(27,28)33-16)32-18-10-13(7-8-29-18)31-19-14(3-2-4-15(19)23)20(30-31)21(24,25)26/h5-11,15H,2-4H2,1H3. The molecule has 5 rings (SSSR count). The van der Waals surface area contributed by atoms with Crippen molar-refractivity contribution in [3.8, 4) is 23.1 Å². The van der Waals surface area contributed by atoms with E-state index in [9.17, 15) is 22.0 Å². The van der Waals surface area contributed by atoms with Gasteiger partial charge in [0, 0.05) is 17.8 Å². The van der Waals surface area contributed by atoms with E-state index in [0.29, 0.717) is 29.8 Å². The van der Waals surface area contributed by atoms with Gasteiger partial charge >= 0.3 is 12.5 Å². The Balaban J connectivity index is 1.44. The number of benzene rings is 1. The molecule has 0 N–H and O–H groups in total. The minimum Gasteiger partial charge on any atom is -0.470 e. The summed E-state index contributed by atoms with van der Waals surface area (Å²) >= 11 is 6.39. The van der Waals surface area contributed by atoms with Gasteiger partial charge in [-0.1, -0.05) is 6.07 Å². The van der Waals surface area contributed by atoms with Gasteiger partial charge in [-0.25, -0.2) is 9.67 Å². The molecule has 0 spiro atoms. The van der Waals surface area contributed by atoms with Gasteiger partial charge in [0.15, 0.2) is 17.2 Å². The van der Waals surface area contributed by atoms with Crippen molar-refractivity contribution in [3.05, 3.63) is 59.0 Å². The lowest BCUT2D eigenvalue weighted by atomic mass is 9.95. The zero-order valence-corrected chi connectivity index (χ0v) is 18.3. The highest BCUT2D eigenvalue weighted by Crippen LogP contribution is 2.44. The van der Waals surface area contributed by atoms with E-state index in [1.54, 1.807) is 6.92 Å². The number of fused-ring (bicyclic) bond motifs is 2. The molecule has 3 heterocycles. The van der Waals surface area contributed by atoms with E-state index in [1.807, 2.05) is 0 Å². The van der Waals surface area contributed by atoms with Gasteiger partial charge in [-0.2, -0.15) is 18.3 Å². The van der Waals surface area contributed by atoms with Crippen LogP contribution in [-0.2, 0) is 12.6 Å². The summed E-state index contributed by atoms with van der Waals surface area (Å²) in [5.74, 6) is -0.121. The van der Waals surface area contributed by atoms with Crippen LogP contribution < -0.4 is 14.2 Å². The maximum absolute atomic E-state index is 13.6. The maximum Gasteiger partial charge on any atom is 0.586 e. The van der Waals surface area contributed by atoms with Crippen molar-refractivity contribution in [2.24, 2.45) is 0 Å². The minimum absolute atomic E-state index is 0.0966. The van der Waals surface area contributed by atoms with Crippen molar-refractivity contribution in [2.45, 2.75) is 50.1 Å². The third-order valence-corrected chi connectivity index (χ3v) is 6.05. The van der Waals surface area contributed by atoms with Crippen LogP contribution in [0.1, 0.15) is 53.8 Å². The van der Waals surface area contributed by atoms with Crippen LogP contribution in [0.4, 0.5) is 22.0 Å². The van der Waals surface area contributed by atoms with E-state index in [1.165, 1.54) is 41.2 Å². The van der Waals surface area contributed by atoms with Gasteiger partial charge < -0.3 is 14.2 Å². The summed E-state index contributed by atoms with van der Waals surface area (Å²) in [4.78, 5) is 4.12. The molecular formula is C22H17ClF5N3O3. The number of aromatic nitrogens is 3. The van der Waals surface area contributed by atoms with Gasteiger partial charge in [0.2, 0.25) is 5.88 Å². The topological polar surface area (TPSA) is 58.4 Å². The highest BCUT2D eigenvalue weighted by Gasteiger charge is 2.44. The molecule has 34 heavy (non-hydrogen) atoms. The van der Waals surface area contributed by atoms with E-state index in [0.717, 1.165) is 0 Å². The second kappa shape index (κ2) is 8.00. The van der Waals surface area contributed by atoms with E-state index in [2.05, 4.69) is 19.6 Å². The number of halogens is 6. The van der Waals surface area contributed by atoms with E-state index in [-0.39, 0.29) is 29.4 Å². The zero-order chi connectivity index (χ0) is 24.3. The first-order valence-electron chi connectivity index (χ1n) is 10.4. The average Bonchev–Trinajstić information content (AvgIpc) is 3.30. The van der Waals surface area contributed by atoms with Crippen LogP contribution in [0.5, 0.6) is 17.4 Å². The normalized spacial score (nSPS) is 19.6. The third kappa shape index (κ3) is 4.13. The highest BCUT2D eigenvalue weighted by molar-refractivity contribution is 6.20. The molecule has 0 fully saturated rings. The van der Waals surface area contributed by atoms with Crippen molar-refractivity contribution < 1.29 is 36.2 Å². The molecule has 1 aliphatic heterocycles. The molecule has 2 aromatic heterocycles. The molecule has 0 saturated carbocycles. The van der Waals surface area contributed by atoms with Crippen LogP contribution in [0.25, 0.3) is 5.69 Å². The molecule has 2 unspecified atom stereocenters. The first kappa shape index (κ1) is 22.7.